The number of ketones is 1. The Morgan fingerprint density at radius 3 is 2.65 bits per heavy atom. The average molecular weight is 405 g/mol. The molecule has 26 heavy (non-hydrogen) atoms. The van der Waals surface area contributed by atoms with Crippen LogP contribution in [0.15, 0.2) is 52.4 Å². The summed E-state index contributed by atoms with van der Waals surface area (Å²) in [5, 5.41) is 1.96. The van der Waals surface area contributed by atoms with Gasteiger partial charge < -0.3 is 0 Å². The zero-order valence-corrected chi connectivity index (χ0v) is 15.9. The predicted octanol–water partition coefficient (Wildman–Crippen LogP) is 5.01. The molecule has 4 rings (SSSR count). The fraction of sp³-hybridized carbons (Fsp3) is 0.211. The van der Waals surface area contributed by atoms with E-state index < -0.39 is 0 Å². The summed E-state index contributed by atoms with van der Waals surface area (Å²) in [5.41, 5.74) is 1.11. The number of hydrogen-bond acceptors (Lipinski definition) is 4. The number of thioether (sulfide) groups is 1. The second-order valence-electron chi connectivity index (χ2n) is 6.16. The Balaban J connectivity index is 1.64. The number of carbonyl (C=O) groups is 1. The third-order valence-electron chi connectivity index (χ3n) is 4.26. The van der Waals surface area contributed by atoms with Crippen LogP contribution in [0.25, 0.3) is 10.9 Å². The number of rotatable bonds is 5. The first-order valence-electron chi connectivity index (χ1n) is 8.17. The summed E-state index contributed by atoms with van der Waals surface area (Å²) < 4.78 is 1.73. The van der Waals surface area contributed by atoms with Crippen LogP contribution >= 0.6 is 35.0 Å². The SMILES string of the molecule is O=C(CSc1nc2ccccc2c(=O)n1C1CC1)c1ccc(Cl)c(Cl)c1. The minimum Gasteiger partial charge on any atom is -0.293 e. The summed E-state index contributed by atoms with van der Waals surface area (Å²) in [5.74, 6) is 0.0912. The number of fused-ring (bicyclic) bond motifs is 1. The maximum Gasteiger partial charge on any atom is 0.262 e. The molecule has 1 aliphatic rings. The second kappa shape index (κ2) is 7.06. The molecule has 0 aliphatic heterocycles. The van der Waals surface area contributed by atoms with E-state index in [4.69, 9.17) is 23.2 Å². The molecule has 2 aromatic carbocycles. The molecule has 1 saturated carbocycles. The van der Waals surface area contributed by atoms with E-state index in [2.05, 4.69) is 4.98 Å². The zero-order chi connectivity index (χ0) is 18.3. The van der Waals surface area contributed by atoms with Gasteiger partial charge in [0, 0.05) is 11.6 Å². The fourth-order valence-electron chi connectivity index (χ4n) is 2.77. The van der Waals surface area contributed by atoms with E-state index in [0.29, 0.717) is 31.7 Å². The number of benzene rings is 2. The average Bonchev–Trinajstić information content (AvgIpc) is 3.47. The Hall–Kier alpha value is -1.82. The Bertz CT molecular complexity index is 1080. The standard InChI is InChI=1S/C19H14Cl2N2O2S/c20-14-8-5-11(9-15(14)21)17(24)10-26-19-22-16-4-2-1-3-13(16)18(25)23(19)12-6-7-12/h1-5,8-9,12H,6-7,10H2. The quantitative estimate of drug-likeness (QED) is 0.340. The summed E-state index contributed by atoms with van der Waals surface area (Å²) in [6.45, 7) is 0. The molecule has 0 amide bonds. The molecule has 7 heteroatoms. The lowest BCUT2D eigenvalue weighted by Gasteiger charge is -2.12. The van der Waals surface area contributed by atoms with Gasteiger partial charge in [-0.05, 0) is 43.2 Å². The molecule has 0 bridgehead atoms. The van der Waals surface area contributed by atoms with Crippen LogP contribution in [0.3, 0.4) is 0 Å². The minimum absolute atomic E-state index is 0.0393. The van der Waals surface area contributed by atoms with Crippen LogP contribution < -0.4 is 5.56 Å². The van der Waals surface area contributed by atoms with Gasteiger partial charge >= 0.3 is 0 Å². The number of para-hydroxylation sites is 1. The Kier molecular flexibility index (Phi) is 4.78. The number of Topliss-reactive ketones (excluding diaryl/α,β-unsaturated/α-hetero) is 1. The lowest BCUT2D eigenvalue weighted by atomic mass is 10.1. The van der Waals surface area contributed by atoms with Gasteiger partial charge in [0.1, 0.15) is 0 Å². The molecule has 0 radical (unpaired) electrons. The molecular formula is C19H14Cl2N2O2S. The first kappa shape index (κ1) is 17.6. The smallest absolute Gasteiger partial charge is 0.262 e. The molecule has 0 saturated heterocycles. The molecule has 3 aromatic rings. The van der Waals surface area contributed by atoms with E-state index in [-0.39, 0.29) is 23.1 Å². The molecule has 0 spiro atoms. The maximum absolute atomic E-state index is 12.8. The van der Waals surface area contributed by atoms with Crippen LogP contribution in [0.4, 0.5) is 0 Å². The van der Waals surface area contributed by atoms with Crippen molar-refractivity contribution in [3.63, 3.8) is 0 Å². The van der Waals surface area contributed by atoms with E-state index in [1.807, 2.05) is 18.2 Å². The van der Waals surface area contributed by atoms with Crippen LogP contribution in [0.5, 0.6) is 0 Å². The van der Waals surface area contributed by atoms with Gasteiger partial charge in [0.15, 0.2) is 10.9 Å². The van der Waals surface area contributed by atoms with Crippen LogP contribution in [-0.2, 0) is 0 Å². The van der Waals surface area contributed by atoms with Gasteiger partial charge in [-0.15, -0.1) is 0 Å². The summed E-state index contributed by atoms with van der Waals surface area (Å²) in [6, 6.07) is 12.3. The van der Waals surface area contributed by atoms with Crippen molar-refractivity contribution in [3.05, 3.63) is 68.4 Å². The largest absolute Gasteiger partial charge is 0.293 e. The van der Waals surface area contributed by atoms with Gasteiger partial charge in [-0.1, -0.05) is 47.1 Å². The van der Waals surface area contributed by atoms with E-state index in [0.717, 1.165) is 12.8 Å². The van der Waals surface area contributed by atoms with Gasteiger partial charge in [-0.25, -0.2) is 4.98 Å². The normalized spacial score (nSPS) is 13.9. The van der Waals surface area contributed by atoms with Crippen molar-refractivity contribution < 1.29 is 4.79 Å². The molecular weight excluding hydrogens is 391 g/mol. The molecule has 0 N–H and O–H groups in total. The molecule has 4 nitrogen and oxygen atoms in total. The van der Waals surface area contributed by atoms with Crippen LogP contribution in [0.2, 0.25) is 10.0 Å². The number of halogens is 2. The first-order chi connectivity index (χ1) is 12.5. The summed E-state index contributed by atoms with van der Waals surface area (Å²) in [6.07, 6.45) is 1.93. The Morgan fingerprint density at radius 1 is 1.15 bits per heavy atom. The summed E-state index contributed by atoms with van der Waals surface area (Å²) in [4.78, 5) is 29.9. The Morgan fingerprint density at radius 2 is 1.92 bits per heavy atom. The van der Waals surface area contributed by atoms with Crippen LogP contribution in [0, 0.1) is 0 Å². The first-order valence-corrected chi connectivity index (χ1v) is 9.91. The molecule has 1 heterocycles. The van der Waals surface area contributed by atoms with Crippen molar-refractivity contribution in [2.45, 2.75) is 24.0 Å². The lowest BCUT2D eigenvalue weighted by Crippen LogP contribution is -2.22. The highest BCUT2D eigenvalue weighted by atomic mass is 35.5. The predicted molar refractivity (Wildman–Crippen MR) is 106 cm³/mol. The highest BCUT2D eigenvalue weighted by molar-refractivity contribution is 7.99. The van der Waals surface area contributed by atoms with E-state index in [1.54, 1.807) is 28.8 Å². The number of aromatic nitrogens is 2. The van der Waals surface area contributed by atoms with Crippen LogP contribution in [-0.4, -0.2) is 21.1 Å². The number of hydrogen-bond donors (Lipinski definition) is 0. The van der Waals surface area contributed by atoms with Crippen molar-refractivity contribution in [1.82, 2.24) is 9.55 Å². The van der Waals surface area contributed by atoms with Crippen molar-refractivity contribution >= 4 is 51.6 Å². The molecule has 132 valence electrons. The van der Waals surface area contributed by atoms with E-state index in [9.17, 15) is 9.59 Å². The zero-order valence-electron chi connectivity index (χ0n) is 13.6. The van der Waals surface area contributed by atoms with Gasteiger partial charge in [0.25, 0.3) is 5.56 Å². The Labute approximate surface area is 164 Å². The van der Waals surface area contributed by atoms with Gasteiger partial charge in [-0.2, -0.15) is 0 Å². The highest BCUT2D eigenvalue weighted by Gasteiger charge is 2.28. The topological polar surface area (TPSA) is 52.0 Å². The fourth-order valence-corrected chi connectivity index (χ4v) is 4.02. The van der Waals surface area contributed by atoms with Gasteiger partial charge in [0.05, 0.1) is 26.7 Å². The number of nitrogens with zero attached hydrogens (tertiary/aromatic N) is 2. The third-order valence-corrected chi connectivity index (χ3v) is 5.95. The monoisotopic (exact) mass is 404 g/mol. The maximum atomic E-state index is 12.8. The summed E-state index contributed by atoms with van der Waals surface area (Å²) >= 11 is 13.2. The molecule has 1 aromatic heterocycles. The second-order valence-corrected chi connectivity index (χ2v) is 7.92. The van der Waals surface area contributed by atoms with Crippen LogP contribution in [0.1, 0.15) is 29.2 Å². The minimum atomic E-state index is -0.0849. The van der Waals surface area contributed by atoms with Crippen molar-refractivity contribution in [1.29, 1.82) is 0 Å². The van der Waals surface area contributed by atoms with Gasteiger partial charge in [0.2, 0.25) is 0 Å². The van der Waals surface area contributed by atoms with E-state index in [1.165, 1.54) is 11.8 Å². The number of carbonyl (C=O) groups excluding carboxylic acids is 1. The molecule has 1 fully saturated rings. The van der Waals surface area contributed by atoms with Crippen molar-refractivity contribution in [2.75, 3.05) is 5.75 Å². The molecule has 1 aliphatic carbocycles. The lowest BCUT2D eigenvalue weighted by molar-refractivity contribution is 0.102. The highest BCUT2D eigenvalue weighted by Crippen LogP contribution is 2.37. The van der Waals surface area contributed by atoms with E-state index >= 15 is 0 Å². The van der Waals surface area contributed by atoms with Gasteiger partial charge in [-0.3, -0.25) is 14.2 Å². The molecule has 0 atom stereocenters. The third kappa shape index (κ3) is 3.39. The van der Waals surface area contributed by atoms with Crippen molar-refractivity contribution in [3.8, 4) is 0 Å². The van der Waals surface area contributed by atoms with Crippen molar-refractivity contribution in [2.24, 2.45) is 0 Å². The summed E-state index contributed by atoms with van der Waals surface area (Å²) in [7, 11) is 0. The molecule has 0 unspecified atom stereocenters.